The third kappa shape index (κ3) is 2.14. The van der Waals surface area contributed by atoms with Crippen LogP contribution in [0.25, 0.3) is 0 Å². The second-order valence-corrected chi connectivity index (χ2v) is 8.90. The highest BCUT2D eigenvalue weighted by Crippen LogP contribution is 2.68. The minimum Gasteiger partial charge on any atom is -0.508 e. The molecule has 2 aromatic carbocycles. The molecule has 6 N–H and O–H groups in total. The Morgan fingerprint density at radius 2 is 0.964 bits per heavy atom. The molecule has 0 saturated heterocycles. The summed E-state index contributed by atoms with van der Waals surface area (Å²) < 4.78 is 0. The molecule has 4 fully saturated rings. The van der Waals surface area contributed by atoms with Gasteiger partial charge in [0.2, 0.25) is 0 Å². The lowest BCUT2D eigenvalue weighted by Crippen LogP contribution is -2.56. The van der Waals surface area contributed by atoms with Crippen molar-refractivity contribution in [2.45, 2.75) is 37.5 Å². The molecule has 0 spiro atoms. The van der Waals surface area contributed by atoms with E-state index in [1.54, 1.807) is 0 Å². The zero-order valence-corrected chi connectivity index (χ0v) is 15.3. The van der Waals surface area contributed by atoms with E-state index in [1.807, 2.05) is 0 Å². The van der Waals surface area contributed by atoms with Crippen LogP contribution in [0.3, 0.4) is 0 Å². The first-order valence-electron chi connectivity index (χ1n) is 9.81. The van der Waals surface area contributed by atoms with Gasteiger partial charge < -0.3 is 30.6 Å². The van der Waals surface area contributed by atoms with Gasteiger partial charge in [-0.2, -0.15) is 0 Å². The van der Waals surface area contributed by atoms with Gasteiger partial charge in [-0.3, -0.25) is 0 Å². The van der Waals surface area contributed by atoms with E-state index < -0.39 is 16.9 Å². The monoisotopic (exact) mass is 384 g/mol. The predicted octanol–water partition coefficient (Wildman–Crippen LogP) is 3.66. The summed E-state index contributed by atoms with van der Waals surface area (Å²) in [4.78, 5) is 0. The molecule has 4 aliphatic rings. The average molecular weight is 384 g/mol. The molecule has 6 heteroatoms. The van der Waals surface area contributed by atoms with Gasteiger partial charge in [-0.05, 0) is 67.9 Å². The highest BCUT2D eigenvalue weighted by Gasteiger charge is 2.60. The second-order valence-electron chi connectivity index (χ2n) is 8.90. The van der Waals surface area contributed by atoms with Crippen molar-refractivity contribution in [3.05, 3.63) is 35.4 Å². The lowest BCUT2D eigenvalue weighted by atomic mass is 9.42. The molecule has 0 heterocycles. The summed E-state index contributed by atoms with van der Waals surface area (Å²) in [7, 11) is 0. The Balaban J connectivity index is 1.85. The first kappa shape index (κ1) is 17.3. The Morgan fingerprint density at radius 1 is 0.571 bits per heavy atom. The normalized spacial score (nSPS) is 29.9. The SMILES string of the molecule is Oc1cc(O)c(O)c(C2(c3cc(O)cc(O)c3O)C3CC4CC(C3)CC2C4)c1. The predicted molar refractivity (Wildman–Crippen MR) is 101 cm³/mol. The average Bonchev–Trinajstić information content (AvgIpc) is 2.62. The molecule has 6 rings (SSSR count). The van der Waals surface area contributed by atoms with Gasteiger partial charge in [-0.1, -0.05) is 0 Å². The van der Waals surface area contributed by atoms with Gasteiger partial charge in [0.25, 0.3) is 0 Å². The van der Waals surface area contributed by atoms with Gasteiger partial charge in [-0.15, -0.1) is 0 Å². The topological polar surface area (TPSA) is 121 Å². The first-order valence-corrected chi connectivity index (χ1v) is 9.81. The number of phenols is 6. The first-order chi connectivity index (χ1) is 13.3. The summed E-state index contributed by atoms with van der Waals surface area (Å²) in [6.07, 6.45) is 4.80. The number of hydrogen-bond donors (Lipinski definition) is 6. The van der Waals surface area contributed by atoms with Crippen LogP contribution in [0.5, 0.6) is 34.5 Å². The lowest BCUT2D eigenvalue weighted by Gasteiger charge is -2.61. The maximum absolute atomic E-state index is 10.8. The molecule has 28 heavy (non-hydrogen) atoms. The van der Waals surface area contributed by atoms with Crippen LogP contribution in [0.15, 0.2) is 24.3 Å². The summed E-state index contributed by atoms with van der Waals surface area (Å²) in [6, 6.07) is 5.06. The highest BCUT2D eigenvalue weighted by atomic mass is 16.3. The van der Waals surface area contributed by atoms with E-state index >= 15 is 0 Å². The van der Waals surface area contributed by atoms with Crippen molar-refractivity contribution in [2.24, 2.45) is 23.7 Å². The van der Waals surface area contributed by atoms with Gasteiger partial charge >= 0.3 is 0 Å². The van der Waals surface area contributed by atoms with Crippen LogP contribution in [0.1, 0.15) is 43.2 Å². The zero-order chi connectivity index (χ0) is 19.8. The fourth-order valence-corrected chi connectivity index (χ4v) is 6.79. The van der Waals surface area contributed by atoms with Gasteiger partial charge in [0.05, 0.1) is 0 Å². The summed E-state index contributed by atoms with van der Waals surface area (Å²) in [6.45, 7) is 0. The van der Waals surface area contributed by atoms with Crippen molar-refractivity contribution in [3.63, 3.8) is 0 Å². The third-order valence-electron chi connectivity index (χ3n) is 7.47. The molecule has 148 valence electrons. The van der Waals surface area contributed by atoms with Gasteiger partial charge in [0, 0.05) is 28.7 Å². The fraction of sp³-hybridized carbons (Fsp3) is 0.455. The van der Waals surface area contributed by atoms with Gasteiger partial charge in [0.15, 0.2) is 23.0 Å². The van der Waals surface area contributed by atoms with Crippen molar-refractivity contribution < 1.29 is 30.6 Å². The van der Waals surface area contributed by atoms with E-state index in [4.69, 9.17) is 0 Å². The number of hydrogen-bond acceptors (Lipinski definition) is 6. The second kappa shape index (κ2) is 5.63. The molecule has 4 saturated carbocycles. The molecule has 0 aliphatic heterocycles. The molecule has 6 nitrogen and oxygen atoms in total. The minimum absolute atomic E-state index is 0.0583. The van der Waals surface area contributed by atoms with Crippen LogP contribution in [-0.2, 0) is 5.41 Å². The van der Waals surface area contributed by atoms with Gasteiger partial charge in [0.1, 0.15) is 11.5 Å². The van der Waals surface area contributed by atoms with Crippen LogP contribution in [-0.4, -0.2) is 30.6 Å². The Labute approximate surface area is 162 Å². The minimum atomic E-state index is -0.909. The summed E-state index contributed by atoms with van der Waals surface area (Å²) in [5.74, 6) is -0.580. The highest BCUT2D eigenvalue weighted by molar-refractivity contribution is 5.63. The fourth-order valence-electron chi connectivity index (χ4n) is 6.79. The van der Waals surface area contributed by atoms with Gasteiger partial charge in [-0.25, -0.2) is 0 Å². The van der Waals surface area contributed by atoms with E-state index in [0.717, 1.165) is 37.8 Å². The van der Waals surface area contributed by atoms with Crippen LogP contribution in [0.2, 0.25) is 0 Å². The molecule has 0 unspecified atom stereocenters. The van der Waals surface area contributed by atoms with Crippen molar-refractivity contribution in [3.8, 4) is 34.5 Å². The zero-order valence-electron chi connectivity index (χ0n) is 15.3. The molecule has 0 atom stereocenters. The Morgan fingerprint density at radius 3 is 1.36 bits per heavy atom. The third-order valence-corrected chi connectivity index (χ3v) is 7.47. The summed E-state index contributed by atoms with van der Waals surface area (Å²) in [5.41, 5.74) is -0.216. The smallest absolute Gasteiger partial charge is 0.161 e. The molecule has 4 bridgehead atoms. The summed E-state index contributed by atoms with van der Waals surface area (Å²) in [5, 5.41) is 62.4. The van der Waals surface area contributed by atoms with Crippen LogP contribution >= 0.6 is 0 Å². The number of benzene rings is 2. The quantitative estimate of drug-likeness (QED) is 0.347. The molecule has 0 aromatic heterocycles. The maximum atomic E-state index is 10.8. The standard InChI is InChI=1S/C22H24O6/c23-14-6-16(20(27)18(25)8-14)22(17-7-15(24)9-19(26)21(17)28)12-2-10-1-11(4-12)5-13(22)3-10/h6-13,23-28H,1-5H2. The molecule has 2 aromatic rings. The van der Waals surface area contributed by atoms with E-state index in [9.17, 15) is 30.6 Å². The number of phenolic OH excluding ortho intramolecular Hbond substituents is 6. The largest absolute Gasteiger partial charge is 0.508 e. The Kier molecular flexibility index (Phi) is 3.49. The Hall–Kier alpha value is -2.76. The van der Waals surface area contributed by atoms with Crippen molar-refractivity contribution in [1.82, 2.24) is 0 Å². The van der Waals surface area contributed by atoms with Crippen LogP contribution < -0.4 is 0 Å². The molecular formula is C22H24O6. The molecule has 0 amide bonds. The Bertz CT molecular complexity index is 878. The van der Waals surface area contributed by atoms with Crippen molar-refractivity contribution in [2.75, 3.05) is 0 Å². The number of aromatic hydroxyl groups is 6. The summed E-state index contributed by atoms with van der Waals surface area (Å²) >= 11 is 0. The molecular weight excluding hydrogens is 360 g/mol. The van der Waals surface area contributed by atoms with E-state index in [-0.39, 0.29) is 34.8 Å². The molecule has 4 aliphatic carbocycles. The van der Waals surface area contributed by atoms with Crippen molar-refractivity contribution >= 4 is 0 Å². The molecule has 0 radical (unpaired) electrons. The van der Waals surface area contributed by atoms with E-state index in [0.29, 0.717) is 23.0 Å². The maximum Gasteiger partial charge on any atom is 0.161 e. The van der Waals surface area contributed by atoms with E-state index in [1.165, 1.54) is 18.6 Å². The lowest BCUT2D eigenvalue weighted by molar-refractivity contribution is -0.0437. The van der Waals surface area contributed by atoms with Crippen molar-refractivity contribution in [1.29, 1.82) is 0 Å². The van der Waals surface area contributed by atoms with Crippen LogP contribution in [0, 0.1) is 23.7 Å². The van der Waals surface area contributed by atoms with E-state index in [2.05, 4.69) is 0 Å². The van der Waals surface area contributed by atoms with Crippen LogP contribution in [0.4, 0.5) is 0 Å². The number of rotatable bonds is 2.